The number of halogens is 1. The second-order valence-electron chi connectivity index (χ2n) is 2.37. The van der Waals surface area contributed by atoms with Crippen LogP contribution in [0.15, 0.2) is 0 Å². The molecule has 80 valence electrons. The molecule has 1 atom stereocenters. The third-order valence-corrected chi connectivity index (χ3v) is 2.83. The van der Waals surface area contributed by atoms with Crippen LogP contribution in [0, 0.1) is 0 Å². The first-order valence-corrected chi connectivity index (χ1v) is 5.63. The molecule has 1 amide bonds. The first-order valence-electron chi connectivity index (χ1n) is 3.37. The average molecular weight is 244 g/mol. The van der Waals surface area contributed by atoms with Gasteiger partial charge in [-0.1, -0.05) is 0 Å². The number of rotatable bonds is 2. The Kier molecular flexibility index (Phi) is 2.86. The summed E-state index contributed by atoms with van der Waals surface area (Å²) in [5.41, 5.74) is 0. The van der Waals surface area contributed by atoms with Crippen LogP contribution in [0.25, 0.3) is 0 Å². The maximum absolute atomic E-state index is 10.9. The molecule has 1 aliphatic rings. The molecule has 0 aromatic heterocycles. The van der Waals surface area contributed by atoms with Crippen molar-refractivity contribution < 1.29 is 27.5 Å². The number of esters is 1. The molecule has 0 bridgehead atoms. The van der Waals surface area contributed by atoms with E-state index < -0.39 is 33.9 Å². The fourth-order valence-corrected chi connectivity index (χ4v) is 1.75. The van der Waals surface area contributed by atoms with Gasteiger partial charge in [-0.15, -0.1) is 0 Å². The fourth-order valence-electron chi connectivity index (χ4n) is 0.875. The van der Waals surface area contributed by atoms with E-state index in [1.54, 1.807) is 0 Å². The van der Waals surface area contributed by atoms with Crippen LogP contribution in [-0.4, -0.2) is 44.5 Å². The van der Waals surface area contributed by atoms with Crippen LogP contribution in [0.2, 0.25) is 0 Å². The van der Waals surface area contributed by atoms with Gasteiger partial charge in [-0.05, 0) is 0 Å². The zero-order valence-corrected chi connectivity index (χ0v) is 8.54. The van der Waals surface area contributed by atoms with Crippen LogP contribution in [0.5, 0.6) is 0 Å². The Balaban J connectivity index is 2.80. The SMILES string of the molecule is COC(=O)[C@@H]1CN(S(=O)(=O)Cl)C(=O)O1. The lowest BCUT2D eigenvalue weighted by Crippen LogP contribution is -2.30. The van der Waals surface area contributed by atoms with Gasteiger partial charge in [0.05, 0.1) is 13.7 Å². The third-order valence-electron chi connectivity index (χ3n) is 1.51. The number of carbonyl (C=O) groups excluding carboxylic acids is 2. The van der Waals surface area contributed by atoms with Crippen molar-refractivity contribution in [3.05, 3.63) is 0 Å². The molecule has 14 heavy (non-hydrogen) atoms. The van der Waals surface area contributed by atoms with E-state index in [2.05, 4.69) is 9.47 Å². The Morgan fingerprint density at radius 2 is 2.29 bits per heavy atom. The summed E-state index contributed by atoms with van der Waals surface area (Å²) >= 11 is 0. The summed E-state index contributed by atoms with van der Waals surface area (Å²) < 4.78 is 30.4. The number of amides is 1. The highest BCUT2D eigenvalue weighted by Crippen LogP contribution is 2.18. The molecule has 1 heterocycles. The number of hydrogen-bond acceptors (Lipinski definition) is 6. The number of nitrogens with zero attached hydrogens (tertiary/aromatic N) is 1. The van der Waals surface area contributed by atoms with Crippen molar-refractivity contribution in [1.29, 1.82) is 0 Å². The lowest BCUT2D eigenvalue weighted by molar-refractivity contribution is -0.148. The van der Waals surface area contributed by atoms with Crippen LogP contribution in [-0.2, 0) is 23.5 Å². The second-order valence-corrected chi connectivity index (χ2v) is 4.80. The molecular formula is C5H6ClNO6S. The van der Waals surface area contributed by atoms with E-state index in [0.29, 0.717) is 0 Å². The lowest BCUT2D eigenvalue weighted by Gasteiger charge is -2.05. The minimum Gasteiger partial charge on any atom is -0.466 e. The first-order chi connectivity index (χ1) is 6.36. The van der Waals surface area contributed by atoms with E-state index in [0.717, 1.165) is 7.11 Å². The minimum absolute atomic E-state index is 0.246. The lowest BCUT2D eigenvalue weighted by atomic mass is 10.4. The molecule has 0 aromatic carbocycles. The van der Waals surface area contributed by atoms with E-state index >= 15 is 0 Å². The molecule has 0 aliphatic carbocycles. The van der Waals surface area contributed by atoms with Crippen LogP contribution in [0.4, 0.5) is 4.79 Å². The van der Waals surface area contributed by atoms with Gasteiger partial charge >= 0.3 is 21.3 Å². The van der Waals surface area contributed by atoms with Gasteiger partial charge in [0.25, 0.3) is 0 Å². The van der Waals surface area contributed by atoms with Crippen LogP contribution >= 0.6 is 10.7 Å². The highest BCUT2D eigenvalue weighted by molar-refractivity contribution is 8.12. The number of cyclic esters (lactones) is 1. The molecule has 1 rings (SSSR count). The molecule has 9 heteroatoms. The molecule has 0 spiro atoms. The summed E-state index contributed by atoms with van der Waals surface area (Å²) in [5.74, 6) is -0.832. The minimum atomic E-state index is -4.20. The number of ether oxygens (including phenoxy) is 2. The standard InChI is InChI=1S/C5H6ClNO6S/c1-12-4(8)3-2-7(5(9)13-3)14(6,10)11/h3H,2H2,1H3/t3-/m0/s1. The van der Waals surface area contributed by atoms with Crippen LogP contribution < -0.4 is 0 Å². The molecule has 1 fully saturated rings. The predicted octanol–water partition coefficient (Wildman–Crippen LogP) is -0.536. The van der Waals surface area contributed by atoms with Crippen molar-refractivity contribution in [1.82, 2.24) is 4.31 Å². The molecule has 0 saturated carbocycles. The van der Waals surface area contributed by atoms with Gasteiger partial charge in [0.1, 0.15) is 0 Å². The monoisotopic (exact) mass is 243 g/mol. The third kappa shape index (κ3) is 2.07. The average Bonchev–Trinajstić information content (AvgIpc) is 2.45. The Morgan fingerprint density at radius 1 is 1.71 bits per heavy atom. The van der Waals surface area contributed by atoms with Gasteiger partial charge in [0.2, 0.25) is 6.10 Å². The van der Waals surface area contributed by atoms with Gasteiger partial charge in [0.15, 0.2) is 0 Å². The Labute approximate surface area is 84.1 Å². The van der Waals surface area contributed by atoms with E-state index in [9.17, 15) is 18.0 Å². The summed E-state index contributed by atoms with van der Waals surface area (Å²) in [7, 11) is 1.78. The van der Waals surface area contributed by atoms with Crippen molar-refractivity contribution in [3.8, 4) is 0 Å². The van der Waals surface area contributed by atoms with Crippen LogP contribution in [0.1, 0.15) is 0 Å². The molecule has 1 saturated heterocycles. The van der Waals surface area contributed by atoms with Crippen molar-refractivity contribution in [2.45, 2.75) is 6.10 Å². The smallest absolute Gasteiger partial charge is 0.425 e. The highest BCUT2D eigenvalue weighted by Gasteiger charge is 2.42. The summed E-state index contributed by atoms with van der Waals surface area (Å²) in [5, 5.41) is 0. The van der Waals surface area contributed by atoms with E-state index in [1.165, 1.54) is 0 Å². The fraction of sp³-hybridized carbons (Fsp3) is 0.600. The summed E-state index contributed by atoms with van der Waals surface area (Å²) in [4.78, 5) is 21.8. The van der Waals surface area contributed by atoms with Gasteiger partial charge in [-0.3, -0.25) is 0 Å². The number of hydrogen-bond donors (Lipinski definition) is 0. The zero-order chi connectivity index (χ0) is 10.9. The molecule has 0 aromatic rings. The van der Waals surface area contributed by atoms with E-state index in [4.69, 9.17) is 10.7 Å². The van der Waals surface area contributed by atoms with Gasteiger partial charge in [-0.2, -0.15) is 12.7 Å². The first kappa shape index (κ1) is 11.1. The summed E-state index contributed by atoms with van der Waals surface area (Å²) in [6.07, 6.45) is -2.43. The highest BCUT2D eigenvalue weighted by atomic mass is 35.7. The normalized spacial score (nSPS) is 22.0. The Hall–Kier alpha value is -1.02. The quantitative estimate of drug-likeness (QED) is 0.478. The Morgan fingerprint density at radius 3 is 2.64 bits per heavy atom. The van der Waals surface area contributed by atoms with Gasteiger partial charge in [-0.25, -0.2) is 9.59 Å². The molecule has 7 nitrogen and oxygen atoms in total. The zero-order valence-electron chi connectivity index (χ0n) is 6.97. The van der Waals surface area contributed by atoms with Crippen molar-refractivity contribution in [2.75, 3.05) is 13.7 Å². The van der Waals surface area contributed by atoms with Gasteiger partial charge in [0, 0.05) is 10.7 Å². The second kappa shape index (κ2) is 3.62. The maximum Gasteiger partial charge on any atom is 0.425 e. The van der Waals surface area contributed by atoms with Gasteiger partial charge < -0.3 is 9.47 Å². The maximum atomic E-state index is 10.9. The van der Waals surface area contributed by atoms with Crippen molar-refractivity contribution in [3.63, 3.8) is 0 Å². The van der Waals surface area contributed by atoms with Crippen molar-refractivity contribution >= 4 is 32.0 Å². The molecule has 0 N–H and O–H groups in total. The largest absolute Gasteiger partial charge is 0.466 e. The predicted molar refractivity (Wildman–Crippen MR) is 43.8 cm³/mol. The summed E-state index contributed by atoms with van der Waals surface area (Å²) in [6.45, 7) is -0.461. The topological polar surface area (TPSA) is 90.0 Å². The molecular weight excluding hydrogens is 238 g/mol. The molecule has 1 aliphatic heterocycles. The number of methoxy groups -OCH3 is 1. The van der Waals surface area contributed by atoms with Crippen LogP contribution in [0.3, 0.4) is 0 Å². The Bertz CT molecular complexity index is 364. The van der Waals surface area contributed by atoms with E-state index in [-0.39, 0.29) is 4.31 Å². The molecule has 0 radical (unpaired) electrons. The number of carbonyl (C=O) groups is 2. The van der Waals surface area contributed by atoms with Crippen molar-refractivity contribution in [2.24, 2.45) is 0 Å². The molecule has 0 unspecified atom stereocenters. The summed E-state index contributed by atoms with van der Waals surface area (Å²) in [6, 6.07) is 0. The van der Waals surface area contributed by atoms with E-state index in [1.807, 2.05) is 0 Å².